The molecule has 1 fully saturated rings. The van der Waals surface area contributed by atoms with Gasteiger partial charge in [0.1, 0.15) is 5.75 Å². The minimum absolute atomic E-state index is 0.308. The van der Waals surface area contributed by atoms with Gasteiger partial charge in [0.15, 0.2) is 0 Å². The maximum Gasteiger partial charge on any atom is 0.126 e. The molecule has 0 spiro atoms. The number of hydrogen-bond donors (Lipinski definition) is 2. The van der Waals surface area contributed by atoms with Crippen LogP contribution in [-0.4, -0.2) is 11.7 Å². The second kappa shape index (κ2) is 17.5. The number of hydrogen-bond acceptors (Lipinski definition) is 2. The number of aromatic hydroxyl groups is 1. The van der Waals surface area contributed by atoms with E-state index in [9.17, 15) is 5.11 Å². The number of benzene rings is 3. The van der Waals surface area contributed by atoms with Gasteiger partial charge in [0.2, 0.25) is 0 Å². The summed E-state index contributed by atoms with van der Waals surface area (Å²) in [5.41, 5.74) is 9.17. The Kier molecular flexibility index (Phi) is 13.0. The lowest BCUT2D eigenvalue weighted by Crippen LogP contribution is -2.28. The van der Waals surface area contributed by atoms with Crippen molar-refractivity contribution in [1.82, 2.24) is 5.32 Å². The molecule has 3 heteroatoms. The van der Waals surface area contributed by atoms with E-state index < -0.39 is 0 Å². The van der Waals surface area contributed by atoms with Gasteiger partial charge in [-0.2, -0.15) is 0 Å². The van der Waals surface area contributed by atoms with E-state index in [4.69, 9.17) is 11.6 Å². The zero-order valence-corrected chi connectivity index (χ0v) is 29.2. The van der Waals surface area contributed by atoms with Gasteiger partial charge in [-0.25, -0.2) is 0 Å². The van der Waals surface area contributed by atoms with E-state index >= 15 is 0 Å². The molecule has 246 valence electrons. The normalized spacial score (nSPS) is 16.5. The molecule has 0 aromatic heterocycles. The molecule has 2 aliphatic rings. The van der Waals surface area contributed by atoms with Crippen LogP contribution in [0.1, 0.15) is 106 Å². The summed E-state index contributed by atoms with van der Waals surface area (Å²) in [6.07, 6.45) is 28.1. The first-order chi connectivity index (χ1) is 22.9. The van der Waals surface area contributed by atoms with Crippen molar-refractivity contribution in [3.05, 3.63) is 129 Å². The van der Waals surface area contributed by atoms with Gasteiger partial charge in [-0.15, -0.1) is 0 Å². The number of halogens is 1. The molecule has 2 N–H and O–H groups in total. The third kappa shape index (κ3) is 9.49. The minimum atomic E-state index is 0.308. The van der Waals surface area contributed by atoms with Crippen molar-refractivity contribution in [2.24, 2.45) is 0 Å². The van der Waals surface area contributed by atoms with Gasteiger partial charge in [0.05, 0.1) is 0 Å². The third-order valence-electron chi connectivity index (χ3n) is 9.93. The Balaban J connectivity index is 1.26. The van der Waals surface area contributed by atoms with Crippen molar-refractivity contribution < 1.29 is 5.11 Å². The van der Waals surface area contributed by atoms with Crippen molar-refractivity contribution in [3.63, 3.8) is 0 Å². The van der Waals surface area contributed by atoms with Crippen LogP contribution in [0.25, 0.3) is 28.9 Å². The van der Waals surface area contributed by atoms with Crippen LogP contribution in [0.5, 0.6) is 5.75 Å². The fraction of sp³-hybridized carbons (Fsp3) is 0.364. The molecule has 0 saturated heterocycles. The Morgan fingerprint density at radius 3 is 2.45 bits per heavy atom. The maximum atomic E-state index is 11.5. The minimum Gasteiger partial charge on any atom is -0.507 e. The second-order valence-electron chi connectivity index (χ2n) is 13.3. The Morgan fingerprint density at radius 1 is 0.915 bits per heavy atom. The molecule has 0 bridgehead atoms. The van der Waals surface area contributed by atoms with E-state index in [2.05, 4.69) is 85.6 Å². The zero-order chi connectivity index (χ0) is 33.0. The Bertz CT molecular complexity index is 1730. The van der Waals surface area contributed by atoms with Gasteiger partial charge >= 0.3 is 0 Å². The van der Waals surface area contributed by atoms with Gasteiger partial charge in [0.25, 0.3) is 0 Å². The number of phenols is 1. The van der Waals surface area contributed by atoms with E-state index in [1.54, 1.807) is 6.08 Å². The van der Waals surface area contributed by atoms with Crippen LogP contribution >= 0.6 is 11.6 Å². The molecule has 47 heavy (non-hydrogen) atoms. The molecule has 5 rings (SSSR count). The molecular formula is C44H52ClNO. The van der Waals surface area contributed by atoms with Gasteiger partial charge in [0, 0.05) is 29.2 Å². The standard InChI is InChI=1S/C44H52ClNO/c1-4-5-6-9-15-32(2)38-26-27-43(45)41(28-38)42-29-39-20-13-12-16-34(17-14-21-40(39)33(3)44(42)47)30-46-31-35-22-24-37(25-23-35)36-18-10-7-8-11-19-36/h4-6,15-16,20-29,36,46-47H,1,7-14,17-19,30-31H2,2-3H3. The predicted molar refractivity (Wildman–Crippen MR) is 204 cm³/mol. The Morgan fingerprint density at radius 2 is 1.68 bits per heavy atom. The van der Waals surface area contributed by atoms with Gasteiger partial charge in [-0.05, 0) is 121 Å². The van der Waals surface area contributed by atoms with Crippen LogP contribution in [0.4, 0.5) is 0 Å². The van der Waals surface area contributed by atoms with Gasteiger partial charge < -0.3 is 10.4 Å². The summed E-state index contributed by atoms with van der Waals surface area (Å²) in [5, 5.41) is 18.1. The molecule has 3 aromatic rings. The van der Waals surface area contributed by atoms with E-state index in [1.165, 1.54) is 66.0 Å². The molecule has 0 radical (unpaired) electrons. The van der Waals surface area contributed by atoms with Crippen molar-refractivity contribution in [3.8, 4) is 16.9 Å². The molecule has 3 aromatic carbocycles. The summed E-state index contributed by atoms with van der Waals surface area (Å²) in [4.78, 5) is 0. The van der Waals surface area contributed by atoms with Crippen LogP contribution in [0.3, 0.4) is 0 Å². The highest BCUT2D eigenvalue weighted by atomic mass is 35.5. The summed E-state index contributed by atoms with van der Waals surface area (Å²) in [6.45, 7) is 9.68. The van der Waals surface area contributed by atoms with Crippen LogP contribution < -0.4 is 15.8 Å². The van der Waals surface area contributed by atoms with Crippen molar-refractivity contribution in [2.75, 3.05) is 6.54 Å². The average molecular weight is 646 g/mol. The van der Waals surface area contributed by atoms with E-state index in [0.29, 0.717) is 10.8 Å². The predicted octanol–water partition coefficient (Wildman–Crippen LogP) is 10.8. The molecular weight excluding hydrogens is 594 g/mol. The number of allylic oxidation sites excluding steroid dienone is 6. The van der Waals surface area contributed by atoms with E-state index in [-0.39, 0.29) is 0 Å². The Labute approximate surface area is 288 Å². The van der Waals surface area contributed by atoms with Gasteiger partial charge in [-0.1, -0.05) is 122 Å². The lowest BCUT2D eigenvalue weighted by molar-refractivity contribution is 0.472. The first-order valence-electron chi connectivity index (χ1n) is 17.7. The average Bonchev–Trinajstić information content (AvgIpc) is 3.38. The smallest absolute Gasteiger partial charge is 0.126 e. The first kappa shape index (κ1) is 34.7. The molecule has 0 unspecified atom stereocenters. The summed E-state index contributed by atoms with van der Waals surface area (Å²) in [5.74, 6) is 1.06. The molecule has 2 aliphatic carbocycles. The number of fused-ring (bicyclic) bond motifs is 1. The van der Waals surface area contributed by atoms with E-state index in [0.717, 1.165) is 78.6 Å². The molecule has 0 atom stereocenters. The van der Waals surface area contributed by atoms with E-state index in [1.807, 2.05) is 25.1 Å². The summed E-state index contributed by atoms with van der Waals surface area (Å²) >= 11 is 6.75. The SMILES string of the molecule is C=CC=CCC=C(C)c1ccc(Cl)c(-c2cc3c(c(C)c2O)=CCCC(CNCc2ccc(C4CCCCCC4)cc2)=CCCC=3)c1. The molecule has 0 amide bonds. The maximum absolute atomic E-state index is 11.5. The number of phenolic OH excluding ortho intramolecular Hbond substituents is 1. The van der Waals surface area contributed by atoms with Crippen LogP contribution in [-0.2, 0) is 6.54 Å². The monoisotopic (exact) mass is 645 g/mol. The molecule has 0 aliphatic heterocycles. The number of nitrogens with one attached hydrogen (secondary N) is 1. The summed E-state index contributed by atoms with van der Waals surface area (Å²) in [7, 11) is 0. The lowest BCUT2D eigenvalue weighted by Gasteiger charge is -2.15. The third-order valence-corrected chi connectivity index (χ3v) is 10.3. The molecule has 1 saturated carbocycles. The first-order valence-corrected chi connectivity index (χ1v) is 18.1. The summed E-state index contributed by atoms with van der Waals surface area (Å²) in [6, 6.07) is 17.6. The zero-order valence-electron chi connectivity index (χ0n) is 28.5. The van der Waals surface area contributed by atoms with Crippen LogP contribution in [0.2, 0.25) is 5.02 Å². The topological polar surface area (TPSA) is 32.3 Å². The van der Waals surface area contributed by atoms with Crippen LogP contribution in [0.15, 0.2) is 91.1 Å². The largest absolute Gasteiger partial charge is 0.507 e. The quantitative estimate of drug-likeness (QED) is 0.131. The Hall–Kier alpha value is -3.59. The highest BCUT2D eigenvalue weighted by Crippen LogP contribution is 2.36. The van der Waals surface area contributed by atoms with Crippen molar-refractivity contribution in [2.45, 2.75) is 96.9 Å². The van der Waals surface area contributed by atoms with Crippen molar-refractivity contribution >= 4 is 29.3 Å². The van der Waals surface area contributed by atoms with Crippen LogP contribution in [0, 0.1) is 6.92 Å². The highest BCUT2D eigenvalue weighted by molar-refractivity contribution is 6.33. The van der Waals surface area contributed by atoms with Gasteiger partial charge in [-0.3, -0.25) is 0 Å². The second-order valence-corrected chi connectivity index (χ2v) is 13.7. The summed E-state index contributed by atoms with van der Waals surface area (Å²) < 4.78 is 0. The fourth-order valence-electron chi connectivity index (χ4n) is 7.09. The lowest BCUT2D eigenvalue weighted by atomic mass is 9.91. The highest BCUT2D eigenvalue weighted by Gasteiger charge is 2.15. The van der Waals surface area contributed by atoms with Crippen molar-refractivity contribution in [1.29, 1.82) is 0 Å². The molecule has 2 nitrogen and oxygen atoms in total. The fourth-order valence-corrected chi connectivity index (χ4v) is 7.31. The molecule has 0 heterocycles. The number of rotatable bonds is 10.